The lowest BCUT2D eigenvalue weighted by Gasteiger charge is -2.60. The minimum Gasteiger partial charge on any atom is -0.469 e. The Morgan fingerprint density at radius 1 is 1.19 bits per heavy atom. The van der Waals surface area contributed by atoms with Gasteiger partial charge in [0.15, 0.2) is 6.29 Å². The van der Waals surface area contributed by atoms with Gasteiger partial charge in [0.1, 0.15) is 6.04 Å². The molecule has 174 valence electrons. The normalized spacial score (nSPS) is 20.2. The maximum Gasteiger partial charge on any atom is 0.305 e. The smallest absolute Gasteiger partial charge is 0.305 e. The highest BCUT2D eigenvalue weighted by Gasteiger charge is 2.54. The first-order valence-electron chi connectivity index (χ1n) is 10.9. The summed E-state index contributed by atoms with van der Waals surface area (Å²) in [6, 6.07) is 4.98. The molecule has 3 aliphatic rings. The van der Waals surface area contributed by atoms with Crippen molar-refractivity contribution in [3.63, 3.8) is 0 Å². The van der Waals surface area contributed by atoms with E-state index in [9.17, 15) is 14.4 Å². The van der Waals surface area contributed by atoms with Gasteiger partial charge in [-0.15, -0.1) is 0 Å². The van der Waals surface area contributed by atoms with Crippen LogP contribution < -0.4 is 10.6 Å². The SMILES string of the molecule is COC(=O)CC[C@@H](C(N)=O)N1Cc2cc(N3CC4(CC(C(OC)OC)C4)C3)ccc2C1=O. The van der Waals surface area contributed by atoms with Gasteiger partial charge in [-0.2, -0.15) is 0 Å². The van der Waals surface area contributed by atoms with Crippen LogP contribution in [0.25, 0.3) is 0 Å². The predicted octanol–water partition coefficient (Wildman–Crippen LogP) is 1.28. The maximum atomic E-state index is 12.9. The van der Waals surface area contributed by atoms with Gasteiger partial charge in [-0.1, -0.05) is 0 Å². The number of fused-ring (bicyclic) bond motifs is 1. The number of benzene rings is 1. The summed E-state index contributed by atoms with van der Waals surface area (Å²) in [6.07, 6.45) is 2.22. The molecule has 4 rings (SSSR count). The number of ether oxygens (including phenoxy) is 3. The standard InChI is InChI=1S/C23H31N3O6/c1-30-19(27)7-6-18(20(24)28)26-11-14-8-16(4-5-17(14)21(26)29)25-12-23(13-25)9-15(10-23)22(31-2)32-3/h4-5,8,15,18,22H,6-7,9-13H2,1-3H3,(H2,24,28)/t18-/m0/s1. The third-order valence-corrected chi connectivity index (χ3v) is 7.13. The second-order valence-electron chi connectivity index (χ2n) is 9.17. The van der Waals surface area contributed by atoms with E-state index in [0.29, 0.717) is 23.4 Å². The number of methoxy groups -OCH3 is 3. The van der Waals surface area contributed by atoms with Crippen LogP contribution in [-0.2, 0) is 30.3 Å². The quantitative estimate of drug-likeness (QED) is 0.450. The molecular formula is C23H31N3O6. The first kappa shape index (κ1) is 22.5. The maximum absolute atomic E-state index is 12.9. The molecule has 2 amide bonds. The lowest BCUT2D eigenvalue weighted by molar-refractivity contribution is -0.184. The fraction of sp³-hybridized carbons (Fsp3) is 0.609. The third kappa shape index (κ3) is 3.95. The zero-order chi connectivity index (χ0) is 23.0. The van der Waals surface area contributed by atoms with Gasteiger partial charge in [-0.3, -0.25) is 14.4 Å². The molecular weight excluding hydrogens is 414 g/mol. The average Bonchev–Trinajstić information content (AvgIpc) is 3.04. The zero-order valence-electron chi connectivity index (χ0n) is 18.8. The van der Waals surface area contributed by atoms with Crippen LogP contribution in [0.1, 0.15) is 41.6 Å². The second kappa shape index (κ2) is 8.71. The molecule has 1 aliphatic carbocycles. The Balaban J connectivity index is 1.39. The van der Waals surface area contributed by atoms with Gasteiger partial charge in [0.05, 0.1) is 7.11 Å². The van der Waals surface area contributed by atoms with Gasteiger partial charge >= 0.3 is 5.97 Å². The van der Waals surface area contributed by atoms with Crippen LogP contribution in [0.3, 0.4) is 0 Å². The molecule has 0 bridgehead atoms. The van der Waals surface area contributed by atoms with Gasteiger partial charge in [0, 0.05) is 62.9 Å². The highest BCUT2D eigenvalue weighted by Crippen LogP contribution is 2.54. The van der Waals surface area contributed by atoms with E-state index in [1.165, 1.54) is 12.0 Å². The summed E-state index contributed by atoms with van der Waals surface area (Å²) in [5, 5.41) is 0. The lowest BCUT2D eigenvalue weighted by atomic mass is 9.57. The predicted molar refractivity (Wildman–Crippen MR) is 116 cm³/mol. The summed E-state index contributed by atoms with van der Waals surface area (Å²) in [4.78, 5) is 40.2. The van der Waals surface area contributed by atoms with Gasteiger partial charge in [-0.05, 0) is 43.0 Å². The molecule has 1 saturated heterocycles. The van der Waals surface area contributed by atoms with Crippen LogP contribution in [0, 0.1) is 11.3 Å². The minimum atomic E-state index is -0.842. The number of esters is 1. The number of amides is 2. The van der Waals surface area contributed by atoms with Crippen molar-refractivity contribution in [1.29, 1.82) is 0 Å². The van der Waals surface area contributed by atoms with E-state index >= 15 is 0 Å². The van der Waals surface area contributed by atoms with Crippen molar-refractivity contribution in [2.75, 3.05) is 39.3 Å². The van der Waals surface area contributed by atoms with Crippen molar-refractivity contribution in [1.82, 2.24) is 4.90 Å². The van der Waals surface area contributed by atoms with Crippen molar-refractivity contribution >= 4 is 23.5 Å². The number of nitrogens with zero attached hydrogens (tertiary/aromatic N) is 2. The van der Waals surface area contributed by atoms with E-state index in [2.05, 4.69) is 9.64 Å². The van der Waals surface area contributed by atoms with E-state index in [0.717, 1.165) is 37.2 Å². The number of anilines is 1. The molecule has 0 aromatic heterocycles. The Kier molecular flexibility index (Phi) is 6.13. The van der Waals surface area contributed by atoms with Crippen LogP contribution in [0.5, 0.6) is 0 Å². The first-order valence-corrected chi connectivity index (χ1v) is 10.9. The summed E-state index contributed by atoms with van der Waals surface area (Å²) in [5.41, 5.74) is 8.41. The first-order chi connectivity index (χ1) is 15.3. The topological polar surface area (TPSA) is 111 Å². The number of nitrogens with two attached hydrogens (primary N) is 1. The summed E-state index contributed by atoms with van der Waals surface area (Å²) in [5.74, 6) is -0.846. The Morgan fingerprint density at radius 2 is 1.88 bits per heavy atom. The Hall–Kier alpha value is -2.65. The molecule has 1 aromatic carbocycles. The van der Waals surface area contributed by atoms with Crippen molar-refractivity contribution < 1.29 is 28.6 Å². The van der Waals surface area contributed by atoms with Gasteiger partial charge in [-0.25, -0.2) is 0 Å². The molecule has 0 radical (unpaired) electrons. The minimum absolute atomic E-state index is 0.0271. The van der Waals surface area contributed by atoms with Crippen molar-refractivity contribution in [3.8, 4) is 0 Å². The van der Waals surface area contributed by atoms with Crippen LogP contribution >= 0.6 is 0 Å². The van der Waals surface area contributed by atoms with Crippen LogP contribution in [0.15, 0.2) is 18.2 Å². The fourth-order valence-corrected chi connectivity index (χ4v) is 5.52. The van der Waals surface area contributed by atoms with Crippen molar-refractivity contribution in [2.24, 2.45) is 17.1 Å². The third-order valence-electron chi connectivity index (χ3n) is 7.13. The lowest BCUT2D eigenvalue weighted by Crippen LogP contribution is -2.64. The molecule has 1 aromatic rings. The Morgan fingerprint density at radius 3 is 2.47 bits per heavy atom. The second-order valence-corrected chi connectivity index (χ2v) is 9.17. The summed E-state index contributed by atoms with van der Waals surface area (Å²) in [6.45, 7) is 2.26. The fourth-order valence-electron chi connectivity index (χ4n) is 5.52. The molecule has 9 heteroatoms. The van der Waals surface area contributed by atoms with Crippen LogP contribution in [0.2, 0.25) is 0 Å². The van der Waals surface area contributed by atoms with E-state index in [-0.39, 0.29) is 25.0 Å². The number of hydrogen-bond acceptors (Lipinski definition) is 7. The van der Waals surface area contributed by atoms with Crippen LogP contribution in [-0.4, -0.2) is 69.4 Å². The van der Waals surface area contributed by atoms with Gasteiger partial charge < -0.3 is 29.7 Å². The van der Waals surface area contributed by atoms with E-state index < -0.39 is 17.9 Å². The van der Waals surface area contributed by atoms with Crippen LogP contribution in [0.4, 0.5) is 5.69 Å². The van der Waals surface area contributed by atoms with Gasteiger partial charge in [0.2, 0.25) is 5.91 Å². The largest absolute Gasteiger partial charge is 0.469 e. The molecule has 2 aliphatic heterocycles. The highest BCUT2D eigenvalue weighted by atomic mass is 16.7. The molecule has 0 unspecified atom stereocenters. The molecule has 9 nitrogen and oxygen atoms in total. The van der Waals surface area contributed by atoms with Crippen molar-refractivity contribution in [2.45, 2.75) is 44.6 Å². The Labute approximate surface area is 187 Å². The Bertz CT molecular complexity index is 901. The average molecular weight is 446 g/mol. The number of carbonyl (C=O) groups is 3. The molecule has 1 atom stereocenters. The van der Waals surface area contributed by atoms with E-state index in [1.54, 1.807) is 14.2 Å². The highest BCUT2D eigenvalue weighted by molar-refractivity contribution is 6.01. The summed E-state index contributed by atoms with van der Waals surface area (Å²) < 4.78 is 15.4. The monoisotopic (exact) mass is 445 g/mol. The van der Waals surface area contributed by atoms with Gasteiger partial charge in [0.25, 0.3) is 5.91 Å². The molecule has 2 N–H and O–H groups in total. The molecule has 32 heavy (non-hydrogen) atoms. The molecule has 2 heterocycles. The zero-order valence-corrected chi connectivity index (χ0v) is 18.8. The summed E-state index contributed by atoms with van der Waals surface area (Å²) in [7, 11) is 4.65. The number of rotatable bonds is 9. The number of carbonyl (C=O) groups excluding carboxylic acids is 3. The number of hydrogen-bond donors (Lipinski definition) is 1. The molecule has 1 saturated carbocycles. The molecule has 1 spiro atoms. The van der Waals surface area contributed by atoms with E-state index in [1.807, 2.05) is 18.2 Å². The van der Waals surface area contributed by atoms with Crippen molar-refractivity contribution in [3.05, 3.63) is 29.3 Å². The summed E-state index contributed by atoms with van der Waals surface area (Å²) >= 11 is 0. The van der Waals surface area contributed by atoms with E-state index in [4.69, 9.17) is 15.2 Å². The molecule has 2 fully saturated rings. The number of primary amides is 1.